The predicted octanol–water partition coefficient (Wildman–Crippen LogP) is 3.22. The van der Waals surface area contributed by atoms with Gasteiger partial charge in [-0.2, -0.15) is 0 Å². The Hall–Kier alpha value is -0.960. The average molecular weight is 259 g/mol. The van der Waals surface area contributed by atoms with E-state index >= 15 is 0 Å². The molecule has 0 aliphatic heterocycles. The highest BCUT2D eigenvalue weighted by Crippen LogP contribution is 2.35. The maximum absolute atomic E-state index is 4.78. The van der Waals surface area contributed by atoms with Crippen LogP contribution in [0, 0.1) is 13.8 Å². The molecule has 0 radical (unpaired) electrons. The van der Waals surface area contributed by atoms with Gasteiger partial charge in [-0.05, 0) is 51.0 Å². The Kier molecular flexibility index (Phi) is 3.57. The van der Waals surface area contributed by atoms with Crippen LogP contribution < -0.4 is 5.32 Å². The molecular formula is C16H25N3. The van der Waals surface area contributed by atoms with Gasteiger partial charge in [0.1, 0.15) is 5.82 Å². The Morgan fingerprint density at radius 3 is 2.21 bits per heavy atom. The zero-order chi connectivity index (χ0) is 13.4. The summed E-state index contributed by atoms with van der Waals surface area (Å²) in [5.74, 6) is 2.23. The van der Waals surface area contributed by atoms with Crippen molar-refractivity contribution in [3.63, 3.8) is 0 Å². The molecule has 1 unspecified atom stereocenters. The first-order valence-corrected chi connectivity index (χ1v) is 7.73. The SMILES string of the molecule is Cc1nc(C2CCC2)nc(C)c1C(C)CNC1CC1. The molecule has 0 saturated heterocycles. The minimum atomic E-state index is 0.510. The van der Waals surface area contributed by atoms with Gasteiger partial charge in [0.15, 0.2) is 0 Å². The van der Waals surface area contributed by atoms with Gasteiger partial charge in [0.05, 0.1) is 0 Å². The second kappa shape index (κ2) is 5.20. The molecule has 104 valence electrons. The lowest BCUT2D eigenvalue weighted by molar-refractivity contribution is 0.399. The summed E-state index contributed by atoms with van der Waals surface area (Å²) >= 11 is 0. The van der Waals surface area contributed by atoms with E-state index in [0.29, 0.717) is 11.8 Å². The van der Waals surface area contributed by atoms with Crippen LogP contribution in [0.25, 0.3) is 0 Å². The second-order valence-electron chi connectivity index (χ2n) is 6.38. The highest BCUT2D eigenvalue weighted by atomic mass is 15.0. The van der Waals surface area contributed by atoms with E-state index in [-0.39, 0.29) is 0 Å². The van der Waals surface area contributed by atoms with E-state index in [9.17, 15) is 0 Å². The Morgan fingerprint density at radius 1 is 1.11 bits per heavy atom. The summed E-state index contributed by atoms with van der Waals surface area (Å²) in [5.41, 5.74) is 3.75. The number of nitrogens with zero attached hydrogens (tertiary/aromatic N) is 2. The lowest BCUT2D eigenvalue weighted by Gasteiger charge is -2.26. The second-order valence-corrected chi connectivity index (χ2v) is 6.38. The molecule has 2 saturated carbocycles. The quantitative estimate of drug-likeness (QED) is 0.882. The Bertz CT molecular complexity index is 438. The molecule has 2 aliphatic carbocycles. The smallest absolute Gasteiger partial charge is 0.131 e. The van der Waals surface area contributed by atoms with Crippen LogP contribution in [0.15, 0.2) is 0 Å². The Balaban J connectivity index is 1.75. The molecule has 1 N–H and O–H groups in total. The van der Waals surface area contributed by atoms with Gasteiger partial charge in [-0.15, -0.1) is 0 Å². The summed E-state index contributed by atoms with van der Waals surface area (Å²) in [6, 6.07) is 0.776. The van der Waals surface area contributed by atoms with E-state index in [4.69, 9.17) is 9.97 Å². The molecule has 19 heavy (non-hydrogen) atoms. The first-order valence-electron chi connectivity index (χ1n) is 7.73. The highest BCUT2D eigenvalue weighted by Gasteiger charge is 2.25. The fourth-order valence-corrected chi connectivity index (χ4v) is 3.05. The molecule has 1 aromatic heterocycles. The van der Waals surface area contributed by atoms with Crippen molar-refractivity contribution in [2.75, 3.05) is 6.54 Å². The van der Waals surface area contributed by atoms with Crippen molar-refractivity contribution < 1.29 is 0 Å². The predicted molar refractivity (Wildman–Crippen MR) is 77.5 cm³/mol. The normalized spacial score (nSPS) is 21.2. The van der Waals surface area contributed by atoms with Crippen molar-refractivity contribution >= 4 is 0 Å². The van der Waals surface area contributed by atoms with Gasteiger partial charge in [-0.25, -0.2) is 9.97 Å². The van der Waals surface area contributed by atoms with Crippen LogP contribution in [0.4, 0.5) is 0 Å². The largest absolute Gasteiger partial charge is 0.313 e. The maximum atomic E-state index is 4.78. The molecule has 1 atom stereocenters. The third kappa shape index (κ3) is 2.81. The standard InChI is InChI=1S/C16H25N3/c1-10(9-17-14-7-8-14)15-11(2)18-16(19-12(15)3)13-5-4-6-13/h10,13-14,17H,4-9H2,1-3H3. The topological polar surface area (TPSA) is 37.8 Å². The van der Waals surface area contributed by atoms with Crippen LogP contribution in [0.5, 0.6) is 0 Å². The van der Waals surface area contributed by atoms with Crippen molar-refractivity contribution in [1.29, 1.82) is 0 Å². The number of rotatable bonds is 5. The van der Waals surface area contributed by atoms with Crippen molar-refractivity contribution in [2.24, 2.45) is 0 Å². The van der Waals surface area contributed by atoms with Gasteiger partial charge in [0, 0.05) is 29.9 Å². The minimum Gasteiger partial charge on any atom is -0.313 e. The zero-order valence-corrected chi connectivity index (χ0v) is 12.4. The first-order chi connectivity index (χ1) is 9.15. The highest BCUT2D eigenvalue weighted by molar-refractivity contribution is 5.29. The zero-order valence-electron chi connectivity index (χ0n) is 12.4. The van der Waals surface area contributed by atoms with Gasteiger partial charge in [-0.1, -0.05) is 13.3 Å². The van der Waals surface area contributed by atoms with Crippen molar-refractivity contribution in [3.05, 3.63) is 22.8 Å². The summed E-state index contributed by atoms with van der Waals surface area (Å²) in [4.78, 5) is 9.56. The van der Waals surface area contributed by atoms with Gasteiger partial charge in [0.25, 0.3) is 0 Å². The molecule has 1 heterocycles. The molecule has 3 heteroatoms. The van der Waals surface area contributed by atoms with Gasteiger partial charge >= 0.3 is 0 Å². The lowest BCUT2D eigenvalue weighted by Crippen LogP contribution is -2.24. The van der Waals surface area contributed by atoms with Gasteiger partial charge in [-0.3, -0.25) is 0 Å². The molecule has 0 aromatic carbocycles. The van der Waals surface area contributed by atoms with E-state index < -0.39 is 0 Å². The molecule has 2 fully saturated rings. The Labute approximate surface area is 116 Å². The molecule has 0 amide bonds. The van der Waals surface area contributed by atoms with E-state index in [0.717, 1.165) is 18.4 Å². The van der Waals surface area contributed by atoms with Crippen LogP contribution in [0.1, 0.15) is 73.6 Å². The number of nitrogens with one attached hydrogen (secondary N) is 1. The maximum Gasteiger partial charge on any atom is 0.131 e. The van der Waals surface area contributed by atoms with Gasteiger partial charge < -0.3 is 5.32 Å². The van der Waals surface area contributed by atoms with E-state index in [1.165, 1.54) is 49.1 Å². The third-order valence-electron chi connectivity index (χ3n) is 4.60. The molecular weight excluding hydrogens is 234 g/mol. The third-order valence-corrected chi connectivity index (χ3v) is 4.60. The number of aromatic nitrogens is 2. The monoisotopic (exact) mass is 259 g/mol. The van der Waals surface area contributed by atoms with E-state index in [2.05, 4.69) is 26.1 Å². The fourth-order valence-electron chi connectivity index (χ4n) is 3.05. The first kappa shape index (κ1) is 13.0. The van der Waals surface area contributed by atoms with Crippen LogP contribution >= 0.6 is 0 Å². The van der Waals surface area contributed by atoms with Crippen LogP contribution in [0.2, 0.25) is 0 Å². The molecule has 3 nitrogen and oxygen atoms in total. The van der Waals surface area contributed by atoms with Gasteiger partial charge in [0.2, 0.25) is 0 Å². The van der Waals surface area contributed by atoms with Crippen LogP contribution in [0.3, 0.4) is 0 Å². The van der Waals surface area contributed by atoms with Crippen molar-refractivity contribution in [3.8, 4) is 0 Å². The molecule has 3 rings (SSSR count). The molecule has 2 aliphatic rings. The van der Waals surface area contributed by atoms with Crippen molar-refractivity contribution in [2.45, 2.75) is 70.8 Å². The number of hydrogen-bond donors (Lipinski definition) is 1. The number of hydrogen-bond acceptors (Lipinski definition) is 3. The van der Waals surface area contributed by atoms with E-state index in [1.807, 2.05) is 0 Å². The van der Waals surface area contributed by atoms with Crippen molar-refractivity contribution in [1.82, 2.24) is 15.3 Å². The summed E-state index contributed by atoms with van der Waals surface area (Å²) in [7, 11) is 0. The summed E-state index contributed by atoms with van der Waals surface area (Å²) in [6.07, 6.45) is 6.59. The summed E-state index contributed by atoms with van der Waals surface area (Å²) < 4.78 is 0. The molecule has 0 spiro atoms. The Morgan fingerprint density at radius 2 is 1.74 bits per heavy atom. The van der Waals surface area contributed by atoms with Crippen LogP contribution in [-0.4, -0.2) is 22.6 Å². The molecule has 1 aromatic rings. The lowest BCUT2D eigenvalue weighted by atomic mass is 9.84. The fraction of sp³-hybridized carbons (Fsp3) is 0.750. The average Bonchev–Trinajstić information content (AvgIpc) is 3.06. The summed E-state index contributed by atoms with van der Waals surface area (Å²) in [6.45, 7) is 7.65. The van der Waals surface area contributed by atoms with E-state index in [1.54, 1.807) is 0 Å². The minimum absolute atomic E-state index is 0.510. The number of aryl methyl sites for hydroxylation is 2. The molecule has 0 bridgehead atoms. The summed E-state index contributed by atoms with van der Waals surface area (Å²) in [5, 5.41) is 3.61. The van der Waals surface area contributed by atoms with Crippen LogP contribution in [-0.2, 0) is 0 Å².